The molecule has 0 radical (unpaired) electrons. The van der Waals surface area contributed by atoms with Crippen molar-refractivity contribution < 1.29 is 22.3 Å². The molecule has 1 heterocycles. The van der Waals surface area contributed by atoms with Crippen molar-refractivity contribution in [2.24, 2.45) is 0 Å². The van der Waals surface area contributed by atoms with Gasteiger partial charge in [0, 0.05) is 22.8 Å². The minimum absolute atomic E-state index is 0.0259. The van der Waals surface area contributed by atoms with Gasteiger partial charge in [-0.1, -0.05) is 17.7 Å². The summed E-state index contributed by atoms with van der Waals surface area (Å²) in [5, 5.41) is 0.0259. The standard InChI is InChI=1S/C18H18ClFN2O4S/c1-26-13-7-5-12(6-8-13)22-10-9-17(18(22)23)21-27(24,25)11-14-15(19)3-2-4-16(14)20/h2-8,17,21H,9-11H2,1H3. The lowest BCUT2D eigenvalue weighted by Crippen LogP contribution is -2.42. The average molecular weight is 413 g/mol. The van der Waals surface area contributed by atoms with Crippen molar-refractivity contribution in [3.05, 3.63) is 58.9 Å². The number of benzene rings is 2. The smallest absolute Gasteiger partial charge is 0.245 e. The van der Waals surface area contributed by atoms with Crippen LogP contribution in [-0.2, 0) is 20.6 Å². The predicted octanol–water partition coefficient (Wildman–Crippen LogP) is 2.71. The summed E-state index contributed by atoms with van der Waals surface area (Å²) in [6.07, 6.45) is 0.315. The monoisotopic (exact) mass is 412 g/mol. The van der Waals surface area contributed by atoms with Gasteiger partial charge in [-0.2, -0.15) is 0 Å². The van der Waals surface area contributed by atoms with E-state index in [4.69, 9.17) is 16.3 Å². The number of amides is 1. The molecule has 0 aromatic heterocycles. The SMILES string of the molecule is COc1ccc(N2CCC(NS(=O)(=O)Cc3c(F)cccc3Cl)C2=O)cc1. The maximum absolute atomic E-state index is 13.9. The Morgan fingerprint density at radius 3 is 2.59 bits per heavy atom. The van der Waals surface area contributed by atoms with Crippen molar-refractivity contribution in [2.75, 3.05) is 18.6 Å². The molecular formula is C18H18ClFN2O4S. The van der Waals surface area contributed by atoms with Gasteiger partial charge in [0.1, 0.15) is 17.6 Å². The number of methoxy groups -OCH3 is 1. The molecule has 1 aliphatic heterocycles. The molecule has 0 aliphatic carbocycles. The summed E-state index contributed by atoms with van der Waals surface area (Å²) in [5.74, 6) is -1.04. The summed E-state index contributed by atoms with van der Waals surface area (Å²) in [5.41, 5.74) is 0.531. The summed E-state index contributed by atoms with van der Waals surface area (Å²) >= 11 is 5.89. The fourth-order valence-corrected chi connectivity index (χ4v) is 4.64. The lowest BCUT2D eigenvalue weighted by atomic mass is 10.2. The first-order valence-corrected chi connectivity index (χ1v) is 10.2. The highest BCUT2D eigenvalue weighted by atomic mass is 35.5. The van der Waals surface area contributed by atoms with E-state index in [1.165, 1.54) is 17.0 Å². The van der Waals surface area contributed by atoms with E-state index in [0.717, 1.165) is 6.07 Å². The third-order valence-electron chi connectivity index (χ3n) is 4.31. The average Bonchev–Trinajstić information content (AvgIpc) is 2.98. The van der Waals surface area contributed by atoms with Gasteiger partial charge in [-0.3, -0.25) is 4.79 Å². The molecule has 1 atom stereocenters. The van der Waals surface area contributed by atoms with E-state index in [1.807, 2.05) is 0 Å². The highest BCUT2D eigenvalue weighted by molar-refractivity contribution is 7.88. The van der Waals surface area contributed by atoms with Gasteiger partial charge in [-0.15, -0.1) is 0 Å². The van der Waals surface area contributed by atoms with E-state index in [2.05, 4.69) is 4.72 Å². The third kappa shape index (κ3) is 4.40. The van der Waals surface area contributed by atoms with Gasteiger partial charge in [-0.25, -0.2) is 17.5 Å². The van der Waals surface area contributed by atoms with Crippen LogP contribution in [0.1, 0.15) is 12.0 Å². The molecule has 27 heavy (non-hydrogen) atoms. The van der Waals surface area contributed by atoms with Crippen LogP contribution in [-0.4, -0.2) is 34.0 Å². The Labute approximate surface area is 161 Å². The Morgan fingerprint density at radius 2 is 1.96 bits per heavy atom. The molecule has 1 N–H and O–H groups in total. The Bertz CT molecular complexity index is 930. The van der Waals surface area contributed by atoms with Crippen molar-refractivity contribution in [2.45, 2.75) is 18.2 Å². The van der Waals surface area contributed by atoms with Gasteiger partial charge < -0.3 is 9.64 Å². The molecule has 3 rings (SSSR count). The largest absolute Gasteiger partial charge is 0.497 e. The van der Waals surface area contributed by atoms with Gasteiger partial charge in [0.05, 0.1) is 12.9 Å². The molecular weight excluding hydrogens is 395 g/mol. The first-order chi connectivity index (χ1) is 12.8. The maximum atomic E-state index is 13.9. The van der Waals surface area contributed by atoms with E-state index in [1.54, 1.807) is 31.4 Å². The molecule has 1 saturated heterocycles. The van der Waals surface area contributed by atoms with Crippen LogP contribution >= 0.6 is 11.6 Å². The molecule has 2 aromatic rings. The quantitative estimate of drug-likeness (QED) is 0.791. The van der Waals surface area contributed by atoms with Gasteiger partial charge in [0.2, 0.25) is 15.9 Å². The number of ether oxygens (including phenoxy) is 1. The number of sulfonamides is 1. The zero-order valence-electron chi connectivity index (χ0n) is 14.5. The van der Waals surface area contributed by atoms with Gasteiger partial charge in [-0.05, 0) is 42.8 Å². The molecule has 1 aliphatic rings. The van der Waals surface area contributed by atoms with E-state index < -0.39 is 27.6 Å². The van der Waals surface area contributed by atoms with Crippen LogP contribution in [0.2, 0.25) is 5.02 Å². The van der Waals surface area contributed by atoms with E-state index in [0.29, 0.717) is 24.4 Å². The number of rotatable bonds is 6. The molecule has 144 valence electrons. The second-order valence-electron chi connectivity index (χ2n) is 6.11. The predicted molar refractivity (Wildman–Crippen MR) is 101 cm³/mol. The van der Waals surface area contributed by atoms with Crippen molar-refractivity contribution in [3.63, 3.8) is 0 Å². The Kier molecular flexibility index (Phi) is 5.69. The Balaban J connectivity index is 1.71. The summed E-state index contributed by atoms with van der Waals surface area (Å²) in [6.45, 7) is 0.374. The van der Waals surface area contributed by atoms with Crippen LogP contribution in [0.25, 0.3) is 0 Å². The van der Waals surface area contributed by atoms with Crippen LogP contribution in [0.5, 0.6) is 5.75 Å². The van der Waals surface area contributed by atoms with Crippen LogP contribution in [0.3, 0.4) is 0 Å². The van der Waals surface area contributed by atoms with Crippen LogP contribution in [0, 0.1) is 5.82 Å². The van der Waals surface area contributed by atoms with Crippen LogP contribution < -0.4 is 14.4 Å². The Morgan fingerprint density at radius 1 is 1.26 bits per heavy atom. The minimum Gasteiger partial charge on any atom is -0.497 e. The number of carbonyl (C=O) groups excluding carboxylic acids is 1. The molecule has 0 bridgehead atoms. The molecule has 1 unspecified atom stereocenters. The second-order valence-corrected chi connectivity index (χ2v) is 8.27. The zero-order chi connectivity index (χ0) is 19.6. The number of hydrogen-bond acceptors (Lipinski definition) is 4. The molecule has 9 heteroatoms. The molecule has 0 spiro atoms. The van der Waals surface area contributed by atoms with Crippen molar-refractivity contribution in [3.8, 4) is 5.75 Å². The number of anilines is 1. The minimum atomic E-state index is -3.95. The second kappa shape index (κ2) is 7.84. The fraction of sp³-hybridized carbons (Fsp3) is 0.278. The number of nitrogens with one attached hydrogen (secondary N) is 1. The van der Waals surface area contributed by atoms with E-state index in [-0.39, 0.29) is 16.5 Å². The highest BCUT2D eigenvalue weighted by Gasteiger charge is 2.35. The molecule has 0 saturated carbocycles. The topological polar surface area (TPSA) is 75.7 Å². The molecule has 1 amide bonds. The fourth-order valence-electron chi connectivity index (χ4n) is 2.93. The van der Waals surface area contributed by atoms with Gasteiger partial charge in [0.15, 0.2) is 0 Å². The summed E-state index contributed by atoms with van der Waals surface area (Å²) in [4.78, 5) is 14.1. The van der Waals surface area contributed by atoms with Crippen molar-refractivity contribution in [1.29, 1.82) is 0 Å². The normalized spacial score (nSPS) is 17.4. The molecule has 6 nitrogen and oxygen atoms in total. The molecule has 2 aromatic carbocycles. The van der Waals surface area contributed by atoms with Gasteiger partial charge >= 0.3 is 0 Å². The maximum Gasteiger partial charge on any atom is 0.245 e. The first kappa shape index (κ1) is 19.6. The Hall–Kier alpha value is -2.16. The van der Waals surface area contributed by atoms with Crippen LogP contribution in [0.15, 0.2) is 42.5 Å². The van der Waals surface area contributed by atoms with E-state index >= 15 is 0 Å². The number of carbonyl (C=O) groups is 1. The summed E-state index contributed by atoms with van der Waals surface area (Å²) in [6, 6.07) is 9.96. The zero-order valence-corrected chi connectivity index (χ0v) is 16.1. The van der Waals surface area contributed by atoms with Crippen LogP contribution in [0.4, 0.5) is 10.1 Å². The van der Waals surface area contributed by atoms with E-state index in [9.17, 15) is 17.6 Å². The summed E-state index contributed by atoms with van der Waals surface area (Å²) in [7, 11) is -2.41. The summed E-state index contributed by atoms with van der Waals surface area (Å²) < 4.78 is 46.1. The first-order valence-electron chi connectivity index (χ1n) is 8.19. The number of nitrogens with zero attached hydrogens (tertiary/aromatic N) is 1. The highest BCUT2D eigenvalue weighted by Crippen LogP contribution is 2.25. The lowest BCUT2D eigenvalue weighted by Gasteiger charge is -2.18. The third-order valence-corrected chi connectivity index (χ3v) is 5.97. The molecule has 1 fully saturated rings. The van der Waals surface area contributed by atoms with Gasteiger partial charge in [0.25, 0.3) is 0 Å². The van der Waals surface area contributed by atoms with Crippen molar-refractivity contribution in [1.82, 2.24) is 4.72 Å². The lowest BCUT2D eigenvalue weighted by molar-refractivity contribution is -0.118. The number of hydrogen-bond donors (Lipinski definition) is 1. The van der Waals surface area contributed by atoms with Crippen molar-refractivity contribution >= 4 is 33.2 Å². The number of halogens is 2.